The first kappa shape index (κ1) is 32.0. The lowest BCUT2D eigenvalue weighted by molar-refractivity contribution is -0.176. The largest absolute Gasteiger partial charge is 0.481 e. The van der Waals surface area contributed by atoms with E-state index >= 15 is 0 Å². The van der Waals surface area contributed by atoms with E-state index in [-0.39, 0.29) is 0 Å². The van der Waals surface area contributed by atoms with Crippen LogP contribution in [0, 0.1) is 0 Å². The van der Waals surface area contributed by atoms with Crippen LogP contribution in [0.1, 0.15) is 32.1 Å². The number of aliphatic carboxylic acids is 4. The first-order chi connectivity index (χ1) is 16.1. The molecule has 3 atom stereocenters. The van der Waals surface area contributed by atoms with E-state index in [2.05, 4.69) is 9.47 Å². The fourth-order valence-electron chi connectivity index (χ4n) is 2.29. The minimum Gasteiger partial charge on any atom is -0.481 e. The second-order valence-corrected chi connectivity index (χ2v) is 8.61. The third kappa shape index (κ3) is 10.1. The molecule has 0 amide bonds. The van der Waals surface area contributed by atoms with E-state index in [1.165, 1.54) is 0 Å². The summed E-state index contributed by atoms with van der Waals surface area (Å²) in [5.74, 6) is -16.4. The summed E-state index contributed by atoms with van der Waals surface area (Å²) < 4.78 is 39.8. The quantitative estimate of drug-likeness (QED) is 0.0622. The number of carboxylic acids is 4. The summed E-state index contributed by atoms with van der Waals surface area (Å²) in [6.45, 7) is 0. The Morgan fingerprint density at radius 3 is 1.31 bits per heavy atom. The molecule has 0 bridgehead atoms. The van der Waals surface area contributed by atoms with Crippen LogP contribution in [0.25, 0.3) is 0 Å². The molecule has 0 heterocycles. The molecular formula is C16H18O19S. The molecule has 0 rings (SSSR count). The van der Waals surface area contributed by atoms with Crippen LogP contribution in [0.3, 0.4) is 0 Å². The zero-order valence-corrected chi connectivity index (χ0v) is 18.4. The van der Waals surface area contributed by atoms with E-state index in [4.69, 9.17) is 25.0 Å². The van der Waals surface area contributed by atoms with Crippen LogP contribution in [0.2, 0.25) is 0 Å². The van der Waals surface area contributed by atoms with Gasteiger partial charge in [-0.25, -0.2) is 9.59 Å². The first-order valence-corrected chi connectivity index (χ1v) is 10.4. The molecule has 0 spiro atoms. The second kappa shape index (κ2) is 12.1. The molecule has 0 aliphatic heterocycles. The normalized spacial score (nSPS) is 15.3. The lowest BCUT2D eigenvalue weighted by Gasteiger charge is -2.20. The maximum Gasteiger partial charge on any atom is 0.336 e. The number of carbonyl (C=O) groups excluding carboxylic acids is 4. The van der Waals surface area contributed by atoms with Gasteiger partial charge in [-0.05, 0) is 0 Å². The molecule has 0 saturated heterocycles. The van der Waals surface area contributed by atoms with Crippen LogP contribution < -0.4 is 0 Å². The highest BCUT2D eigenvalue weighted by Gasteiger charge is 2.45. The first-order valence-electron chi connectivity index (χ1n) is 8.92. The Balaban J connectivity index is 5.46. The van der Waals surface area contributed by atoms with Crippen LogP contribution in [-0.4, -0.2) is 108 Å². The maximum atomic E-state index is 11.9. The third-order valence-electron chi connectivity index (χ3n) is 3.97. The summed E-state index contributed by atoms with van der Waals surface area (Å²) in [6.07, 6.45) is -8.22. The fraction of sp³-hybridized carbons (Fsp3) is 0.500. The van der Waals surface area contributed by atoms with Gasteiger partial charge in [-0.1, -0.05) is 0 Å². The van der Waals surface area contributed by atoms with E-state index in [0.29, 0.717) is 0 Å². The van der Waals surface area contributed by atoms with Gasteiger partial charge in [0, 0.05) is 0 Å². The van der Waals surface area contributed by atoms with Crippen LogP contribution in [0.15, 0.2) is 0 Å². The number of rotatable bonds is 14. The molecule has 0 aliphatic rings. The molecule has 0 saturated carbocycles. The predicted molar refractivity (Wildman–Crippen MR) is 101 cm³/mol. The second-order valence-electron chi connectivity index (χ2n) is 7.01. The van der Waals surface area contributed by atoms with Crippen molar-refractivity contribution < 1.29 is 91.4 Å². The van der Waals surface area contributed by atoms with Crippen molar-refractivity contribution in [2.24, 2.45) is 0 Å². The molecule has 0 aromatic heterocycles. The number of aliphatic hydroxyl groups is 2. The Hall–Kier alpha value is -4.01. The standard InChI is InChI=1S/C16H18O19S/c17-7(18)2-15(29,13(25)26)4-10(22)34-9(21)1-6(36(31,32)33)12(24)35-11(23)5-16(30,14(27)28)3-8(19)20/h6,29-30H,1-5H2,(H,17,18)(H,19,20)(H,25,26)(H,27,28)(H,31,32,33). The fourth-order valence-corrected chi connectivity index (χ4v) is 2.92. The summed E-state index contributed by atoms with van der Waals surface area (Å²) in [6, 6.07) is 0. The summed E-state index contributed by atoms with van der Waals surface area (Å²) >= 11 is 0. The molecule has 36 heavy (non-hydrogen) atoms. The van der Waals surface area contributed by atoms with E-state index in [1.807, 2.05) is 0 Å². The average Bonchev–Trinajstić information content (AvgIpc) is 2.62. The number of ether oxygens (including phenoxy) is 2. The molecule has 0 aromatic rings. The molecular weight excluding hydrogens is 528 g/mol. The van der Waals surface area contributed by atoms with Gasteiger partial charge in [0.25, 0.3) is 10.1 Å². The predicted octanol–water partition coefficient (Wildman–Crippen LogP) is -3.87. The SMILES string of the molecule is O=C(O)CC(O)(CC(=O)OC(=O)CC(C(=O)OC(=O)CC(O)(CC(=O)O)C(=O)O)S(=O)(=O)O)C(=O)O. The van der Waals surface area contributed by atoms with E-state index in [0.717, 1.165) is 0 Å². The van der Waals surface area contributed by atoms with Crippen molar-refractivity contribution >= 4 is 57.9 Å². The van der Waals surface area contributed by atoms with Gasteiger partial charge in [0.2, 0.25) is 0 Å². The van der Waals surface area contributed by atoms with E-state index in [1.54, 1.807) is 0 Å². The number of carboxylic acid groups (broad SMARTS) is 4. The van der Waals surface area contributed by atoms with Gasteiger partial charge in [0.15, 0.2) is 16.5 Å². The molecule has 0 aromatic carbocycles. The lowest BCUT2D eigenvalue weighted by atomic mass is 9.96. The number of hydrogen-bond acceptors (Lipinski definition) is 14. The number of hydrogen-bond donors (Lipinski definition) is 7. The monoisotopic (exact) mass is 546 g/mol. The molecule has 3 unspecified atom stereocenters. The molecule has 19 nitrogen and oxygen atoms in total. The summed E-state index contributed by atoms with van der Waals surface area (Å²) in [5.41, 5.74) is -6.56. The summed E-state index contributed by atoms with van der Waals surface area (Å²) in [4.78, 5) is 90.3. The molecule has 7 N–H and O–H groups in total. The molecule has 0 fully saturated rings. The Morgan fingerprint density at radius 1 is 0.639 bits per heavy atom. The van der Waals surface area contributed by atoms with Gasteiger partial charge in [0.05, 0.1) is 32.1 Å². The average molecular weight is 546 g/mol. The van der Waals surface area contributed by atoms with Crippen LogP contribution in [0.4, 0.5) is 0 Å². The van der Waals surface area contributed by atoms with Crippen molar-refractivity contribution in [3.05, 3.63) is 0 Å². The van der Waals surface area contributed by atoms with Gasteiger partial charge < -0.3 is 40.1 Å². The highest BCUT2D eigenvalue weighted by atomic mass is 32.2. The van der Waals surface area contributed by atoms with Gasteiger partial charge in [-0.15, -0.1) is 0 Å². The summed E-state index contributed by atoms with van der Waals surface area (Å²) in [5, 5.41) is 51.2. The highest BCUT2D eigenvalue weighted by molar-refractivity contribution is 7.87. The van der Waals surface area contributed by atoms with Gasteiger partial charge in [-0.2, -0.15) is 8.42 Å². The van der Waals surface area contributed by atoms with Crippen molar-refractivity contribution in [2.75, 3.05) is 0 Å². The van der Waals surface area contributed by atoms with Gasteiger partial charge in [0.1, 0.15) is 0 Å². The topological polar surface area (TPSA) is 331 Å². The Kier molecular flexibility index (Phi) is 10.8. The van der Waals surface area contributed by atoms with Gasteiger partial charge >= 0.3 is 47.8 Å². The minimum atomic E-state index is -5.62. The molecule has 0 aliphatic carbocycles. The third-order valence-corrected chi connectivity index (χ3v) is 5.05. The Labute approximate surface area is 198 Å². The number of carbonyl (C=O) groups is 8. The van der Waals surface area contributed by atoms with Crippen molar-refractivity contribution in [3.8, 4) is 0 Å². The maximum absolute atomic E-state index is 11.9. The Morgan fingerprint density at radius 2 is 1.00 bits per heavy atom. The number of esters is 4. The molecule has 0 radical (unpaired) electrons. The lowest BCUT2D eigenvalue weighted by Crippen LogP contribution is -2.44. The van der Waals surface area contributed by atoms with Crippen molar-refractivity contribution in [3.63, 3.8) is 0 Å². The van der Waals surface area contributed by atoms with Crippen LogP contribution in [-0.2, 0) is 57.9 Å². The highest BCUT2D eigenvalue weighted by Crippen LogP contribution is 2.19. The minimum absolute atomic E-state index is 1.53. The zero-order valence-electron chi connectivity index (χ0n) is 17.6. The Bertz CT molecular complexity index is 1070. The van der Waals surface area contributed by atoms with Crippen LogP contribution >= 0.6 is 0 Å². The van der Waals surface area contributed by atoms with Crippen molar-refractivity contribution in [2.45, 2.75) is 48.6 Å². The van der Waals surface area contributed by atoms with E-state index in [9.17, 15) is 57.0 Å². The smallest absolute Gasteiger partial charge is 0.336 e. The molecule has 20 heteroatoms. The van der Waals surface area contributed by atoms with Crippen LogP contribution in [0.5, 0.6) is 0 Å². The van der Waals surface area contributed by atoms with E-state index < -0.39 is 106 Å². The summed E-state index contributed by atoms with van der Waals surface area (Å²) in [7, 11) is -5.62. The van der Waals surface area contributed by atoms with Crippen molar-refractivity contribution in [1.29, 1.82) is 0 Å². The van der Waals surface area contributed by atoms with Crippen molar-refractivity contribution in [1.82, 2.24) is 0 Å². The zero-order chi connectivity index (χ0) is 28.6. The molecule has 202 valence electrons. The van der Waals surface area contributed by atoms with Gasteiger partial charge in [-0.3, -0.25) is 33.3 Å².